The van der Waals surface area contributed by atoms with Gasteiger partial charge in [0.05, 0.1) is 16.4 Å². The smallest absolute Gasteiger partial charge is 0.278 e. The Hall–Kier alpha value is -2.99. The van der Waals surface area contributed by atoms with Crippen molar-refractivity contribution in [3.8, 4) is 0 Å². The van der Waals surface area contributed by atoms with Gasteiger partial charge in [0.25, 0.3) is 5.69 Å². The molecule has 2 N–H and O–H groups in total. The number of fused-ring (bicyclic) bond motifs is 1. The maximum Gasteiger partial charge on any atom is 0.278 e. The lowest BCUT2D eigenvalue weighted by Gasteiger charge is -2.14. The van der Waals surface area contributed by atoms with Crippen LogP contribution in [0.25, 0.3) is 10.8 Å². The van der Waals surface area contributed by atoms with Crippen LogP contribution in [0, 0.1) is 10.1 Å². The molecule has 3 aromatic rings. The van der Waals surface area contributed by atoms with Crippen molar-refractivity contribution in [3.63, 3.8) is 0 Å². The van der Waals surface area contributed by atoms with E-state index in [4.69, 9.17) is 0 Å². The number of aromatic nitrogens is 1. The van der Waals surface area contributed by atoms with E-state index in [9.17, 15) is 15.2 Å². The highest BCUT2D eigenvalue weighted by Gasteiger charge is 2.15. The number of pyridine rings is 1. The lowest BCUT2D eigenvalue weighted by Crippen LogP contribution is -2.22. The van der Waals surface area contributed by atoms with Crippen molar-refractivity contribution in [1.29, 1.82) is 0 Å². The average Bonchev–Trinajstić information content (AvgIpc) is 2.60. The molecule has 0 spiro atoms. The number of rotatable bonds is 6. The molecule has 24 heavy (non-hydrogen) atoms. The number of non-ortho nitro benzene ring substituents is 1. The molecule has 2 aromatic carbocycles. The second kappa shape index (κ2) is 7.06. The van der Waals surface area contributed by atoms with Crippen molar-refractivity contribution in [2.45, 2.75) is 12.5 Å². The first kappa shape index (κ1) is 15.9. The Morgan fingerprint density at radius 3 is 2.67 bits per heavy atom. The Kier molecular flexibility index (Phi) is 4.67. The Balaban J connectivity index is 1.76. The third-order valence-corrected chi connectivity index (χ3v) is 3.83. The predicted octanol–water partition coefficient (Wildman–Crippen LogP) is 3.16. The highest BCUT2D eigenvalue weighted by Crippen LogP contribution is 2.30. The van der Waals surface area contributed by atoms with E-state index >= 15 is 0 Å². The summed E-state index contributed by atoms with van der Waals surface area (Å²) >= 11 is 0. The molecule has 0 amide bonds. The summed E-state index contributed by atoms with van der Waals surface area (Å²) in [5, 5.41) is 25.7. The Morgan fingerprint density at radius 1 is 1.12 bits per heavy atom. The van der Waals surface area contributed by atoms with Crippen molar-refractivity contribution >= 4 is 22.1 Å². The van der Waals surface area contributed by atoms with Crippen LogP contribution in [-0.2, 0) is 6.42 Å². The van der Waals surface area contributed by atoms with E-state index < -0.39 is 11.0 Å². The lowest BCUT2D eigenvalue weighted by molar-refractivity contribution is -0.383. The van der Waals surface area contributed by atoms with E-state index in [1.54, 1.807) is 18.3 Å². The number of nitrogens with zero attached hydrogens (tertiary/aromatic N) is 2. The lowest BCUT2D eigenvalue weighted by atomic mass is 10.1. The van der Waals surface area contributed by atoms with Crippen molar-refractivity contribution in [3.05, 3.63) is 76.6 Å². The summed E-state index contributed by atoms with van der Waals surface area (Å²) in [5.74, 6) is 0. The predicted molar refractivity (Wildman–Crippen MR) is 93.0 cm³/mol. The summed E-state index contributed by atoms with van der Waals surface area (Å²) in [7, 11) is 0. The average molecular weight is 323 g/mol. The van der Waals surface area contributed by atoms with Gasteiger partial charge in [-0.3, -0.25) is 15.1 Å². The number of nitro groups is 1. The molecule has 122 valence electrons. The zero-order valence-corrected chi connectivity index (χ0v) is 12.9. The van der Waals surface area contributed by atoms with E-state index in [1.807, 2.05) is 30.3 Å². The number of aliphatic hydroxyl groups is 1. The minimum absolute atomic E-state index is 0.0217. The van der Waals surface area contributed by atoms with Crippen molar-refractivity contribution < 1.29 is 10.0 Å². The molecule has 3 rings (SSSR count). The summed E-state index contributed by atoms with van der Waals surface area (Å²) in [4.78, 5) is 14.7. The molecule has 0 bridgehead atoms. The van der Waals surface area contributed by atoms with Crippen LogP contribution >= 0.6 is 0 Å². The maximum atomic E-state index is 11.1. The number of benzene rings is 2. The molecule has 0 radical (unpaired) electrons. The van der Waals surface area contributed by atoms with E-state index in [0.717, 1.165) is 11.3 Å². The molecule has 6 nitrogen and oxygen atoms in total. The zero-order valence-electron chi connectivity index (χ0n) is 12.9. The molecular formula is C18H17N3O3. The van der Waals surface area contributed by atoms with Gasteiger partial charge in [0.1, 0.15) is 0 Å². The number of aliphatic hydroxyl groups excluding tert-OH is 1. The fourth-order valence-electron chi connectivity index (χ4n) is 2.67. The number of anilines is 1. The van der Waals surface area contributed by atoms with Gasteiger partial charge in [-0.2, -0.15) is 0 Å². The van der Waals surface area contributed by atoms with Gasteiger partial charge in [0, 0.05) is 42.5 Å². The van der Waals surface area contributed by atoms with Gasteiger partial charge in [-0.15, -0.1) is 0 Å². The van der Waals surface area contributed by atoms with Crippen molar-refractivity contribution in [1.82, 2.24) is 4.98 Å². The van der Waals surface area contributed by atoms with Gasteiger partial charge in [-0.05, 0) is 17.7 Å². The number of nitrogens with one attached hydrogen (secondary N) is 1. The first-order valence-corrected chi connectivity index (χ1v) is 7.62. The molecule has 1 heterocycles. The van der Waals surface area contributed by atoms with E-state index in [2.05, 4.69) is 10.3 Å². The van der Waals surface area contributed by atoms with Crippen LogP contribution in [0.1, 0.15) is 5.56 Å². The molecule has 0 aliphatic carbocycles. The van der Waals surface area contributed by atoms with Crippen LogP contribution < -0.4 is 5.32 Å². The van der Waals surface area contributed by atoms with Gasteiger partial charge < -0.3 is 10.4 Å². The van der Waals surface area contributed by atoms with Gasteiger partial charge in [-0.1, -0.05) is 30.3 Å². The Morgan fingerprint density at radius 2 is 1.92 bits per heavy atom. The largest absolute Gasteiger partial charge is 0.391 e. The number of nitro benzene ring substituents is 1. The van der Waals surface area contributed by atoms with Crippen LogP contribution in [-0.4, -0.2) is 27.7 Å². The standard InChI is InChI=1S/C18H17N3O3/c22-14(10-13-4-2-1-3-5-13)11-20-17-6-7-18(21(23)24)16-12-19-9-8-15(16)17/h1-9,12,14,20,22H,10-11H2. The van der Waals surface area contributed by atoms with Gasteiger partial charge in [-0.25, -0.2) is 0 Å². The third kappa shape index (κ3) is 3.49. The maximum absolute atomic E-state index is 11.1. The van der Waals surface area contributed by atoms with E-state index in [1.165, 1.54) is 12.3 Å². The van der Waals surface area contributed by atoms with Crippen molar-refractivity contribution in [2.24, 2.45) is 0 Å². The summed E-state index contributed by atoms with van der Waals surface area (Å²) < 4.78 is 0. The van der Waals surface area contributed by atoms with Crippen LogP contribution in [0.5, 0.6) is 0 Å². The second-order valence-electron chi connectivity index (χ2n) is 5.54. The summed E-state index contributed by atoms with van der Waals surface area (Å²) in [6.07, 6.45) is 3.07. The number of hydrogen-bond donors (Lipinski definition) is 2. The summed E-state index contributed by atoms with van der Waals surface area (Å²) in [5.41, 5.74) is 1.82. The van der Waals surface area contributed by atoms with E-state index in [-0.39, 0.29) is 5.69 Å². The van der Waals surface area contributed by atoms with Crippen LogP contribution in [0.3, 0.4) is 0 Å². The molecule has 1 aromatic heterocycles. The van der Waals surface area contributed by atoms with Crippen LogP contribution in [0.2, 0.25) is 0 Å². The van der Waals surface area contributed by atoms with Crippen LogP contribution in [0.4, 0.5) is 11.4 Å². The fraction of sp³-hybridized carbons (Fsp3) is 0.167. The first-order valence-electron chi connectivity index (χ1n) is 7.62. The minimum atomic E-state index is -0.556. The first-order chi connectivity index (χ1) is 11.6. The van der Waals surface area contributed by atoms with Gasteiger partial charge >= 0.3 is 0 Å². The quantitative estimate of drug-likeness (QED) is 0.537. The van der Waals surface area contributed by atoms with Gasteiger partial charge in [0.2, 0.25) is 0 Å². The van der Waals surface area contributed by atoms with Crippen molar-refractivity contribution in [2.75, 3.05) is 11.9 Å². The Bertz CT molecular complexity index is 853. The highest BCUT2D eigenvalue weighted by atomic mass is 16.6. The summed E-state index contributed by atoms with van der Waals surface area (Å²) in [6, 6.07) is 14.6. The zero-order chi connectivity index (χ0) is 16.9. The highest BCUT2D eigenvalue weighted by molar-refractivity contribution is 5.99. The summed E-state index contributed by atoms with van der Waals surface area (Å²) in [6.45, 7) is 0.351. The Labute approximate surface area is 138 Å². The molecule has 0 fully saturated rings. The molecule has 1 atom stereocenters. The SMILES string of the molecule is O=[N+]([O-])c1ccc(NCC(O)Cc2ccccc2)c2ccncc12. The molecule has 1 unspecified atom stereocenters. The second-order valence-corrected chi connectivity index (χ2v) is 5.54. The minimum Gasteiger partial charge on any atom is -0.391 e. The van der Waals surface area contributed by atoms with Crippen LogP contribution in [0.15, 0.2) is 60.9 Å². The topological polar surface area (TPSA) is 88.3 Å². The third-order valence-electron chi connectivity index (χ3n) is 3.83. The molecule has 0 aliphatic heterocycles. The molecule has 0 aliphatic rings. The van der Waals surface area contributed by atoms with Gasteiger partial charge in [0.15, 0.2) is 0 Å². The normalized spacial score (nSPS) is 12.0. The monoisotopic (exact) mass is 323 g/mol. The fourth-order valence-corrected chi connectivity index (χ4v) is 2.67. The van der Waals surface area contributed by atoms with E-state index in [0.29, 0.717) is 23.7 Å². The number of hydrogen-bond acceptors (Lipinski definition) is 5. The molecular weight excluding hydrogens is 306 g/mol. The molecule has 6 heteroatoms. The molecule has 0 saturated carbocycles. The molecule has 0 saturated heterocycles.